The van der Waals surface area contributed by atoms with Crippen LogP contribution in [0.15, 0.2) is 42.5 Å². The van der Waals surface area contributed by atoms with Crippen LogP contribution in [0, 0.1) is 5.92 Å². The lowest BCUT2D eigenvalue weighted by Crippen LogP contribution is -2.61. The van der Waals surface area contributed by atoms with Gasteiger partial charge in [-0.25, -0.2) is 14.6 Å². The van der Waals surface area contributed by atoms with Gasteiger partial charge in [-0.2, -0.15) is 0 Å². The average Bonchev–Trinajstić information content (AvgIpc) is 3.10. The molecular formula is C39H59N5O13. The van der Waals surface area contributed by atoms with Crippen LogP contribution in [0.2, 0.25) is 0 Å². The molecule has 0 saturated heterocycles. The number of benzene rings is 1. The first-order chi connectivity index (χ1) is 26.5. The van der Waals surface area contributed by atoms with Crippen molar-refractivity contribution in [2.75, 3.05) is 13.2 Å². The number of carbonyl (C=O) groups excluding carboxylic acids is 8. The van der Waals surface area contributed by atoms with Crippen LogP contribution < -0.4 is 21.4 Å². The van der Waals surface area contributed by atoms with Gasteiger partial charge < -0.3 is 40.0 Å². The lowest BCUT2D eigenvalue weighted by atomic mass is 9.97. The second-order valence-corrected chi connectivity index (χ2v) is 15.1. The molecule has 0 aliphatic rings. The van der Waals surface area contributed by atoms with Crippen LogP contribution >= 0.6 is 0 Å². The summed E-state index contributed by atoms with van der Waals surface area (Å²) in [6.45, 7) is 14.9. The summed E-state index contributed by atoms with van der Waals surface area (Å²) in [6.07, 6.45) is -1.30. The Morgan fingerprint density at radius 2 is 1.35 bits per heavy atom. The zero-order valence-electron chi connectivity index (χ0n) is 34.5. The van der Waals surface area contributed by atoms with Crippen molar-refractivity contribution < 1.29 is 62.4 Å². The van der Waals surface area contributed by atoms with E-state index in [1.54, 1.807) is 92.6 Å². The van der Waals surface area contributed by atoms with E-state index in [9.17, 15) is 43.5 Å². The molecule has 5 atom stereocenters. The number of esters is 3. The summed E-state index contributed by atoms with van der Waals surface area (Å²) in [5.74, 6) is -7.09. The summed E-state index contributed by atoms with van der Waals surface area (Å²) in [4.78, 5) is 104. The molecule has 0 aliphatic carbocycles. The molecule has 318 valence electrons. The largest absolute Gasteiger partial charge is 0.463 e. The third-order valence-electron chi connectivity index (χ3n) is 7.60. The van der Waals surface area contributed by atoms with Gasteiger partial charge in [0.15, 0.2) is 0 Å². The van der Waals surface area contributed by atoms with Crippen molar-refractivity contribution in [3.63, 3.8) is 0 Å². The van der Waals surface area contributed by atoms with E-state index in [4.69, 9.17) is 18.9 Å². The maximum Gasteiger partial charge on any atom is 0.408 e. The number of aliphatic hydroxyl groups excluding tert-OH is 1. The second-order valence-electron chi connectivity index (χ2n) is 15.1. The number of hydrazine groups is 1. The highest BCUT2D eigenvalue weighted by Crippen LogP contribution is 2.14. The molecule has 0 aromatic heterocycles. The number of nitrogens with one attached hydrogen (secondary N) is 4. The Morgan fingerprint density at radius 3 is 1.89 bits per heavy atom. The van der Waals surface area contributed by atoms with Crippen molar-refractivity contribution in [3.05, 3.63) is 48.0 Å². The maximum atomic E-state index is 13.8. The summed E-state index contributed by atoms with van der Waals surface area (Å²) >= 11 is 0. The smallest absolute Gasteiger partial charge is 0.408 e. The van der Waals surface area contributed by atoms with Gasteiger partial charge in [-0.1, -0.05) is 50.6 Å². The first-order valence-corrected chi connectivity index (χ1v) is 18.6. The van der Waals surface area contributed by atoms with Gasteiger partial charge in [0.1, 0.15) is 42.5 Å². The summed E-state index contributed by atoms with van der Waals surface area (Å²) in [7, 11) is 0. The van der Waals surface area contributed by atoms with E-state index in [1.165, 1.54) is 0 Å². The van der Waals surface area contributed by atoms with Crippen LogP contribution in [-0.2, 0) is 59.1 Å². The summed E-state index contributed by atoms with van der Waals surface area (Å²) < 4.78 is 20.7. The molecule has 5 N–H and O–H groups in total. The summed E-state index contributed by atoms with van der Waals surface area (Å²) in [5, 5.41) is 18.5. The van der Waals surface area contributed by atoms with Crippen LogP contribution in [-0.4, -0.2) is 106 Å². The number of carbonyl (C=O) groups is 8. The number of rotatable bonds is 19. The first kappa shape index (κ1) is 49.5. The molecule has 0 aliphatic heterocycles. The van der Waals surface area contributed by atoms with E-state index in [1.807, 2.05) is 0 Å². The number of aliphatic hydroxyl groups is 1. The van der Waals surface area contributed by atoms with E-state index in [2.05, 4.69) is 21.4 Å². The molecule has 5 amide bonds. The maximum absolute atomic E-state index is 13.8. The predicted molar refractivity (Wildman–Crippen MR) is 205 cm³/mol. The molecule has 1 aromatic carbocycles. The van der Waals surface area contributed by atoms with Crippen LogP contribution in [0.1, 0.15) is 94.1 Å². The molecule has 18 heteroatoms. The molecule has 57 heavy (non-hydrogen) atoms. The lowest BCUT2D eigenvalue weighted by molar-refractivity contribution is -0.161. The van der Waals surface area contributed by atoms with Gasteiger partial charge in [0.05, 0.1) is 12.7 Å². The third-order valence-corrected chi connectivity index (χ3v) is 7.60. The number of amides is 5. The fraction of sp³-hybridized carbons (Fsp3) is 0.590. The van der Waals surface area contributed by atoms with Gasteiger partial charge in [0, 0.05) is 18.6 Å². The normalized spacial score (nSPS) is 14.1. The van der Waals surface area contributed by atoms with Crippen LogP contribution in [0.25, 0.3) is 0 Å². The van der Waals surface area contributed by atoms with Gasteiger partial charge in [-0.15, -0.1) is 0 Å². The topological polar surface area (TPSA) is 245 Å². The summed E-state index contributed by atoms with van der Waals surface area (Å²) in [5.41, 5.74) is 1.03. The van der Waals surface area contributed by atoms with Crippen molar-refractivity contribution in [3.8, 4) is 0 Å². The number of nitrogens with zero attached hydrogens (tertiary/aromatic N) is 1. The molecule has 1 aromatic rings. The number of hydrogen-bond donors (Lipinski definition) is 5. The van der Waals surface area contributed by atoms with Gasteiger partial charge >= 0.3 is 24.0 Å². The highest BCUT2D eigenvalue weighted by Gasteiger charge is 2.35. The van der Waals surface area contributed by atoms with Crippen molar-refractivity contribution in [2.24, 2.45) is 5.92 Å². The molecule has 1 rings (SSSR count). The van der Waals surface area contributed by atoms with E-state index in [-0.39, 0.29) is 26.1 Å². The van der Waals surface area contributed by atoms with Crippen LogP contribution in [0.5, 0.6) is 0 Å². The standard InChI is InChI=1S/C39H59N5O13/c1-11-24(3)32(42-37(53)55-23-26-16-14-13-15-17-26)35(51)40-27(18-20-30(48)56-38(5,6)7)34(50)41-33(25(4)45)36(52)43-44(22-31(49)57-39(8,9)10)28(46)19-21-29(47)54-12-2/h13-17,19,21,24-25,27,32-33,45H,11-12,18,20,22-23H2,1-10H3,(H,40,51)(H,41,50)(H,42,53)(H,43,52)/b21-19+/t24-,25+,27-,32-,33-/m0/s1. The van der Waals surface area contributed by atoms with Crippen LogP contribution in [0.3, 0.4) is 0 Å². The lowest BCUT2D eigenvalue weighted by Gasteiger charge is -2.29. The molecule has 18 nitrogen and oxygen atoms in total. The van der Waals surface area contributed by atoms with Gasteiger partial charge in [-0.05, 0) is 73.3 Å². The van der Waals surface area contributed by atoms with Crippen molar-refractivity contribution >= 4 is 47.6 Å². The molecule has 0 bridgehead atoms. The fourth-order valence-electron chi connectivity index (χ4n) is 4.74. The van der Waals surface area contributed by atoms with Crippen molar-refractivity contribution in [1.29, 1.82) is 0 Å². The monoisotopic (exact) mass is 805 g/mol. The van der Waals surface area contributed by atoms with Crippen LogP contribution in [0.4, 0.5) is 4.79 Å². The van der Waals surface area contributed by atoms with Crippen molar-refractivity contribution in [2.45, 2.75) is 131 Å². The Balaban J connectivity index is 3.37. The fourth-order valence-corrected chi connectivity index (χ4v) is 4.74. The predicted octanol–water partition coefficient (Wildman–Crippen LogP) is 2.12. The van der Waals surface area contributed by atoms with Crippen molar-refractivity contribution in [1.82, 2.24) is 26.4 Å². The molecular weight excluding hydrogens is 746 g/mol. The SMILES string of the molecule is CCOC(=O)/C=C/C(=O)N(CC(=O)OC(C)(C)C)NC(=O)[C@@H](NC(=O)[C@H](CCC(=O)OC(C)(C)C)NC(=O)[C@@H](NC(=O)OCc1ccccc1)[C@@H](C)CC)[C@@H](C)O. The van der Waals surface area contributed by atoms with E-state index < -0.39 is 95.5 Å². The Hall–Kier alpha value is -5.52. The molecule has 0 saturated carbocycles. The quantitative estimate of drug-likeness (QED) is 0.0583. The zero-order valence-corrected chi connectivity index (χ0v) is 34.5. The molecule has 0 fully saturated rings. The minimum absolute atomic E-state index is 0.0147. The van der Waals surface area contributed by atoms with Gasteiger partial charge in [0.2, 0.25) is 11.8 Å². The average molecular weight is 806 g/mol. The summed E-state index contributed by atoms with van der Waals surface area (Å²) in [6, 6.07) is 4.30. The van der Waals surface area contributed by atoms with Gasteiger partial charge in [-0.3, -0.25) is 34.2 Å². The van der Waals surface area contributed by atoms with E-state index in [0.29, 0.717) is 17.0 Å². The molecule has 0 unspecified atom stereocenters. The minimum Gasteiger partial charge on any atom is -0.463 e. The third kappa shape index (κ3) is 20.3. The highest BCUT2D eigenvalue weighted by molar-refractivity contribution is 5.98. The number of hydrogen-bond acceptors (Lipinski definition) is 13. The Labute approximate surface area is 333 Å². The second kappa shape index (κ2) is 23.5. The minimum atomic E-state index is -1.81. The highest BCUT2D eigenvalue weighted by atomic mass is 16.6. The first-order valence-electron chi connectivity index (χ1n) is 18.6. The molecule has 0 radical (unpaired) electrons. The molecule has 0 heterocycles. The van der Waals surface area contributed by atoms with Gasteiger partial charge in [0.25, 0.3) is 11.8 Å². The number of alkyl carbamates (subject to hydrolysis) is 1. The van der Waals surface area contributed by atoms with E-state index >= 15 is 0 Å². The number of ether oxygens (including phenoxy) is 4. The zero-order chi connectivity index (χ0) is 43.5. The Morgan fingerprint density at radius 1 is 0.754 bits per heavy atom. The Bertz CT molecular complexity index is 1570. The Kier molecular flexibility index (Phi) is 20.4. The van der Waals surface area contributed by atoms with E-state index in [0.717, 1.165) is 19.1 Å². The molecule has 0 spiro atoms.